The Morgan fingerprint density at radius 1 is 1.20 bits per heavy atom. The predicted octanol–water partition coefficient (Wildman–Crippen LogP) is 3.39. The quantitative estimate of drug-likeness (QED) is 0.936. The number of hydrogen-bond acceptors (Lipinski definition) is 4. The molecule has 2 rings (SSSR count). The second-order valence-electron chi connectivity index (χ2n) is 5.11. The van der Waals surface area contributed by atoms with Gasteiger partial charge in [-0.05, 0) is 17.7 Å². The maximum absolute atomic E-state index is 8.99. The molecule has 0 saturated carbocycles. The summed E-state index contributed by atoms with van der Waals surface area (Å²) in [6.07, 6.45) is 3.08. The fraction of sp³-hybridized carbons (Fsp3) is 0.267. The van der Waals surface area contributed by atoms with E-state index in [9.17, 15) is 0 Å². The third kappa shape index (κ3) is 3.25. The number of nitrogens with one attached hydrogen (secondary N) is 1. The van der Waals surface area contributed by atoms with Gasteiger partial charge in [0.15, 0.2) is 11.5 Å². The molecular weight excluding hydrogens is 272 g/mol. The monoisotopic (exact) mass is 286 g/mol. The summed E-state index contributed by atoms with van der Waals surface area (Å²) in [5, 5.41) is 12.9. The van der Waals surface area contributed by atoms with Crippen LogP contribution in [-0.2, 0) is 5.41 Å². The Balaban J connectivity index is 2.13. The summed E-state index contributed by atoms with van der Waals surface area (Å²) in [5.41, 5.74) is 1.35. The van der Waals surface area contributed by atoms with E-state index in [1.807, 2.05) is 30.3 Å². The van der Waals surface area contributed by atoms with Gasteiger partial charge in [0.25, 0.3) is 0 Å². The molecule has 0 aliphatic heterocycles. The van der Waals surface area contributed by atoms with Crippen LogP contribution in [0.3, 0.4) is 0 Å². The molecule has 0 saturated heterocycles. The van der Waals surface area contributed by atoms with Gasteiger partial charge >= 0.3 is 0 Å². The number of nitrogens with zero attached hydrogens (tertiary/aromatic N) is 3. The van der Waals surface area contributed by atoms with Crippen molar-refractivity contribution in [2.24, 2.45) is 0 Å². The molecule has 1 aromatic heterocycles. The van der Waals surface area contributed by atoms with Gasteiger partial charge in [-0.15, -0.1) is 0 Å². The summed E-state index contributed by atoms with van der Waals surface area (Å²) in [7, 11) is 0. The van der Waals surface area contributed by atoms with E-state index < -0.39 is 0 Å². The zero-order chi connectivity index (χ0) is 14.6. The highest BCUT2D eigenvalue weighted by Crippen LogP contribution is 2.25. The summed E-state index contributed by atoms with van der Waals surface area (Å²) in [6, 6.07) is 9.79. The van der Waals surface area contributed by atoms with Crippen molar-refractivity contribution >= 4 is 17.4 Å². The fourth-order valence-corrected chi connectivity index (χ4v) is 1.98. The van der Waals surface area contributed by atoms with E-state index in [2.05, 4.69) is 29.1 Å². The molecule has 0 fully saturated rings. The van der Waals surface area contributed by atoms with Gasteiger partial charge in [0.2, 0.25) is 0 Å². The van der Waals surface area contributed by atoms with Crippen molar-refractivity contribution in [2.45, 2.75) is 19.3 Å². The van der Waals surface area contributed by atoms with Crippen LogP contribution in [0.5, 0.6) is 0 Å². The molecule has 5 heteroatoms. The lowest BCUT2D eigenvalue weighted by molar-refractivity contribution is 0.556. The molecule has 0 amide bonds. The van der Waals surface area contributed by atoms with Crippen molar-refractivity contribution < 1.29 is 0 Å². The van der Waals surface area contributed by atoms with E-state index >= 15 is 0 Å². The highest BCUT2D eigenvalue weighted by Gasteiger charge is 2.21. The molecule has 1 N–H and O–H groups in total. The first-order chi connectivity index (χ1) is 9.53. The number of benzene rings is 1. The van der Waals surface area contributed by atoms with Crippen LogP contribution in [0.4, 0.5) is 5.82 Å². The molecule has 2 aromatic rings. The van der Waals surface area contributed by atoms with Crippen LogP contribution in [0.15, 0.2) is 36.7 Å². The predicted molar refractivity (Wildman–Crippen MR) is 79.7 cm³/mol. The van der Waals surface area contributed by atoms with Crippen LogP contribution in [0, 0.1) is 11.3 Å². The molecule has 0 atom stereocenters. The first kappa shape index (κ1) is 14.3. The summed E-state index contributed by atoms with van der Waals surface area (Å²) < 4.78 is 0. The Morgan fingerprint density at radius 2 is 1.85 bits per heavy atom. The van der Waals surface area contributed by atoms with Crippen LogP contribution in [0.1, 0.15) is 25.1 Å². The Morgan fingerprint density at radius 3 is 2.50 bits per heavy atom. The van der Waals surface area contributed by atoms with Crippen LogP contribution < -0.4 is 5.32 Å². The summed E-state index contributed by atoms with van der Waals surface area (Å²) in [6.45, 7) is 4.87. The molecule has 1 aromatic carbocycles. The minimum atomic E-state index is -0.116. The molecule has 0 bridgehead atoms. The number of halogens is 1. The Hall–Kier alpha value is -2.12. The average molecular weight is 287 g/mol. The van der Waals surface area contributed by atoms with Gasteiger partial charge in [0.1, 0.15) is 6.07 Å². The van der Waals surface area contributed by atoms with Gasteiger partial charge in [-0.3, -0.25) is 0 Å². The van der Waals surface area contributed by atoms with Gasteiger partial charge in [-0.25, -0.2) is 9.97 Å². The van der Waals surface area contributed by atoms with Crippen LogP contribution in [-0.4, -0.2) is 16.5 Å². The topological polar surface area (TPSA) is 61.6 Å². The van der Waals surface area contributed by atoms with Gasteiger partial charge in [0.05, 0.1) is 0 Å². The lowest BCUT2D eigenvalue weighted by atomic mass is 9.84. The molecule has 20 heavy (non-hydrogen) atoms. The highest BCUT2D eigenvalue weighted by atomic mass is 35.5. The number of aromatic nitrogens is 2. The lowest BCUT2D eigenvalue weighted by Crippen LogP contribution is -2.28. The van der Waals surface area contributed by atoms with Crippen molar-refractivity contribution in [1.29, 1.82) is 5.26 Å². The molecule has 0 unspecified atom stereocenters. The smallest absolute Gasteiger partial charge is 0.182 e. The molecule has 0 aliphatic carbocycles. The van der Waals surface area contributed by atoms with Crippen LogP contribution in [0.2, 0.25) is 5.02 Å². The zero-order valence-corrected chi connectivity index (χ0v) is 12.1. The van der Waals surface area contributed by atoms with Crippen molar-refractivity contribution in [2.75, 3.05) is 11.9 Å². The molecule has 0 aliphatic rings. The molecule has 0 radical (unpaired) electrons. The van der Waals surface area contributed by atoms with E-state index in [-0.39, 0.29) is 5.41 Å². The Bertz CT molecular complexity index is 629. The van der Waals surface area contributed by atoms with Gasteiger partial charge < -0.3 is 5.32 Å². The van der Waals surface area contributed by atoms with Crippen LogP contribution in [0.25, 0.3) is 0 Å². The van der Waals surface area contributed by atoms with Gasteiger partial charge in [0, 0.05) is 29.4 Å². The molecule has 0 spiro atoms. The van der Waals surface area contributed by atoms with E-state index in [4.69, 9.17) is 16.9 Å². The van der Waals surface area contributed by atoms with Gasteiger partial charge in [-0.1, -0.05) is 37.6 Å². The summed E-state index contributed by atoms with van der Waals surface area (Å²) in [5.74, 6) is 0.511. The SMILES string of the molecule is CC(C)(CNc1nccnc1C#N)c1ccc(Cl)cc1. The number of nitriles is 1. The first-order valence-corrected chi connectivity index (χ1v) is 6.62. The van der Waals surface area contributed by atoms with Gasteiger partial charge in [-0.2, -0.15) is 5.26 Å². The van der Waals surface area contributed by atoms with E-state index in [1.165, 1.54) is 6.20 Å². The minimum absolute atomic E-state index is 0.116. The number of hydrogen-bond donors (Lipinski definition) is 1. The number of anilines is 1. The largest absolute Gasteiger partial charge is 0.367 e. The molecule has 4 nitrogen and oxygen atoms in total. The van der Waals surface area contributed by atoms with Crippen LogP contribution >= 0.6 is 11.6 Å². The normalized spacial score (nSPS) is 10.9. The fourth-order valence-electron chi connectivity index (χ4n) is 1.86. The Kier molecular flexibility index (Phi) is 4.21. The van der Waals surface area contributed by atoms with Crippen molar-refractivity contribution in [1.82, 2.24) is 9.97 Å². The van der Waals surface area contributed by atoms with E-state index in [1.54, 1.807) is 6.20 Å². The molecule has 102 valence electrons. The standard InChI is InChI=1S/C15H15ClN4/c1-15(2,11-3-5-12(16)6-4-11)10-20-14-13(9-17)18-7-8-19-14/h3-8H,10H2,1-2H3,(H,19,20). The second kappa shape index (κ2) is 5.89. The molecule has 1 heterocycles. The van der Waals surface area contributed by atoms with Crippen molar-refractivity contribution in [3.63, 3.8) is 0 Å². The van der Waals surface area contributed by atoms with Crippen molar-refractivity contribution in [3.05, 3.63) is 52.9 Å². The number of rotatable bonds is 4. The van der Waals surface area contributed by atoms with E-state index in [0.29, 0.717) is 18.1 Å². The minimum Gasteiger partial charge on any atom is -0.367 e. The third-order valence-corrected chi connectivity index (χ3v) is 3.38. The third-order valence-electron chi connectivity index (χ3n) is 3.13. The lowest BCUT2D eigenvalue weighted by Gasteiger charge is -2.26. The van der Waals surface area contributed by atoms with Crippen molar-refractivity contribution in [3.8, 4) is 6.07 Å². The maximum atomic E-state index is 8.99. The average Bonchev–Trinajstić information content (AvgIpc) is 2.46. The Labute approximate surface area is 123 Å². The first-order valence-electron chi connectivity index (χ1n) is 6.24. The summed E-state index contributed by atoms with van der Waals surface area (Å²) in [4.78, 5) is 8.12. The zero-order valence-electron chi connectivity index (χ0n) is 11.4. The molecular formula is C15H15ClN4. The van der Waals surface area contributed by atoms with E-state index in [0.717, 1.165) is 10.6 Å². The second-order valence-corrected chi connectivity index (χ2v) is 5.55. The highest BCUT2D eigenvalue weighted by molar-refractivity contribution is 6.30. The summed E-state index contributed by atoms with van der Waals surface area (Å²) >= 11 is 5.90. The maximum Gasteiger partial charge on any atom is 0.182 e.